The van der Waals surface area contributed by atoms with Crippen LogP contribution in [0.15, 0.2) is 24.3 Å². The second kappa shape index (κ2) is 15.4. The number of hydrogen-bond acceptors (Lipinski definition) is 3. The van der Waals surface area contributed by atoms with E-state index in [0.29, 0.717) is 13.2 Å². The number of para-hydroxylation sites is 2. The molecule has 1 unspecified atom stereocenters. The summed E-state index contributed by atoms with van der Waals surface area (Å²) in [6, 6.07) is 8.35. The number of ether oxygens (including phenoxy) is 2. The molecular formula is C20H36Cl2N2O3. The van der Waals surface area contributed by atoms with Crippen molar-refractivity contribution in [2.45, 2.75) is 39.2 Å². The van der Waals surface area contributed by atoms with Crippen molar-refractivity contribution in [3.05, 3.63) is 24.3 Å². The Hall–Kier alpha value is -0.560. The topological polar surface area (TPSA) is 47.6 Å². The molecule has 7 heteroatoms. The summed E-state index contributed by atoms with van der Waals surface area (Å²) in [7, 11) is 0. The van der Waals surface area contributed by atoms with E-state index < -0.39 is 0 Å². The zero-order valence-corrected chi connectivity index (χ0v) is 18.2. The van der Waals surface area contributed by atoms with E-state index in [1.807, 2.05) is 13.0 Å². The van der Waals surface area contributed by atoms with Gasteiger partial charge in [0.1, 0.15) is 38.8 Å². The lowest BCUT2D eigenvalue weighted by Gasteiger charge is -2.31. The Balaban J connectivity index is 0.00000338. The van der Waals surface area contributed by atoms with Crippen molar-refractivity contribution in [1.29, 1.82) is 0 Å². The Morgan fingerprint density at radius 1 is 1.04 bits per heavy atom. The van der Waals surface area contributed by atoms with Gasteiger partial charge in [0.15, 0.2) is 11.4 Å². The molecule has 0 saturated carbocycles. The molecule has 0 spiro atoms. The first-order chi connectivity index (χ1) is 12.2. The molecule has 1 aliphatic rings. The van der Waals surface area contributed by atoms with E-state index in [0.717, 1.165) is 51.5 Å². The Morgan fingerprint density at radius 2 is 1.74 bits per heavy atom. The molecule has 1 aromatic carbocycles. The van der Waals surface area contributed by atoms with Gasteiger partial charge in [-0.1, -0.05) is 31.9 Å². The summed E-state index contributed by atoms with van der Waals surface area (Å²) in [4.78, 5) is 2.96. The summed E-state index contributed by atoms with van der Waals surface area (Å²) in [6.07, 6.45) is 3.15. The standard InChI is InChI=1S/C20H34N2O3.2ClH/c1-3-5-8-15-24-17-18(23)16-21-11-13-22(14-12-21)19-9-6-7-10-20(19)25-4-2;;/h6-7,9-10,18,23H,3-5,8,11-17H2,1-2H3;2*1H. The molecule has 27 heavy (non-hydrogen) atoms. The van der Waals surface area contributed by atoms with Crippen molar-refractivity contribution >= 4 is 5.69 Å². The Morgan fingerprint density at radius 3 is 2.41 bits per heavy atom. The minimum atomic E-state index is -0.353. The molecule has 1 aromatic rings. The highest BCUT2D eigenvalue weighted by molar-refractivity contribution is 5.45. The maximum absolute atomic E-state index is 10.2. The van der Waals surface area contributed by atoms with E-state index >= 15 is 0 Å². The normalized spacial score (nSPS) is 20.3. The van der Waals surface area contributed by atoms with Crippen LogP contribution in [0.25, 0.3) is 0 Å². The highest BCUT2D eigenvalue weighted by Crippen LogP contribution is 2.19. The van der Waals surface area contributed by atoms with Crippen molar-refractivity contribution < 1.29 is 49.2 Å². The minimum absolute atomic E-state index is 0. The second-order valence-corrected chi connectivity index (χ2v) is 6.92. The van der Waals surface area contributed by atoms with Gasteiger partial charge in [0.25, 0.3) is 0 Å². The maximum atomic E-state index is 10.2. The first-order valence-electron chi connectivity index (χ1n) is 9.90. The number of hydrogen-bond donors (Lipinski definition) is 3. The lowest BCUT2D eigenvalue weighted by Crippen LogP contribution is -3.26. The van der Waals surface area contributed by atoms with E-state index in [1.54, 1.807) is 0 Å². The minimum Gasteiger partial charge on any atom is -1.00 e. The molecule has 158 valence electrons. The molecule has 1 atom stereocenters. The predicted octanol–water partition coefficient (Wildman–Crippen LogP) is -5.92. The zero-order valence-electron chi connectivity index (χ0n) is 16.7. The number of aliphatic hydroxyl groups excluding tert-OH is 1. The van der Waals surface area contributed by atoms with E-state index in [-0.39, 0.29) is 30.9 Å². The van der Waals surface area contributed by atoms with Crippen LogP contribution in [0.1, 0.15) is 33.1 Å². The van der Waals surface area contributed by atoms with Crippen molar-refractivity contribution in [3.8, 4) is 5.75 Å². The highest BCUT2D eigenvalue weighted by atomic mass is 35.5. The largest absolute Gasteiger partial charge is 1.00 e. The van der Waals surface area contributed by atoms with E-state index in [9.17, 15) is 5.11 Å². The Labute approximate surface area is 176 Å². The first kappa shape index (κ1) is 26.4. The van der Waals surface area contributed by atoms with Gasteiger partial charge in [0, 0.05) is 12.7 Å². The van der Waals surface area contributed by atoms with Crippen LogP contribution in [0.4, 0.5) is 5.69 Å². The lowest BCUT2D eigenvalue weighted by molar-refractivity contribution is -0.988. The van der Waals surface area contributed by atoms with Crippen LogP contribution in [0.5, 0.6) is 5.75 Å². The summed E-state index contributed by atoms with van der Waals surface area (Å²) < 4.78 is 11.4. The van der Waals surface area contributed by atoms with Gasteiger partial charge >= 0.3 is 0 Å². The summed E-state index contributed by atoms with van der Waals surface area (Å²) in [5.74, 6) is 1.00. The molecule has 5 nitrogen and oxygen atoms in total. The monoisotopic (exact) mass is 422 g/mol. The Bertz CT molecular complexity index is 486. The van der Waals surface area contributed by atoms with Crippen molar-refractivity contribution in [1.82, 2.24) is 0 Å². The van der Waals surface area contributed by atoms with Gasteiger partial charge in [-0.05, 0) is 19.4 Å². The molecule has 3 N–H and O–H groups in total. The van der Waals surface area contributed by atoms with Gasteiger partial charge in [-0.15, -0.1) is 0 Å². The van der Waals surface area contributed by atoms with Crippen LogP contribution in [0, 0.1) is 0 Å². The van der Waals surface area contributed by atoms with Gasteiger partial charge in [0.2, 0.25) is 0 Å². The lowest BCUT2D eigenvalue weighted by atomic mass is 10.2. The summed E-state index contributed by atoms with van der Waals surface area (Å²) in [5, 5.41) is 10.2. The Kier molecular flexibility index (Phi) is 15.1. The first-order valence-corrected chi connectivity index (χ1v) is 9.90. The number of quaternary nitrogens is 2. The summed E-state index contributed by atoms with van der Waals surface area (Å²) >= 11 is 0. The van der Waals surface area contributed by atoms with Crippen LogP contribution >= 0.6 is 0 Å². The molecule has 0 aliphatic carbocycles. The second-order valence-electron chi connectivity index (χ2n) is 6.92. The molecular weight excluding hydrogens is 387 g/mol. The average Bonchev–Trinajstić information content (AvgIpc) is 2.63. The zero-order chi connectivity index (χ0) is 17.9. The molecule has 0 bridgehead atoms. The van der Waals surface area contributed by atoms with Gasteiger partial charge in [-0.2, -0.15) is 0 Å². The number of benzene rings is 1. The maximum Gasteiger partial charge on any atom is 0.179 e. The van der Waals surface area contributed by atoms with Crippen LogP contribution < -0.4 is 39.4 Å². The smallest absolute Gasteiger partial charge is 0.179 e. The summed E-state index contributed by atoms with van der Waals surface area (Å²) in [6.45, 7) is 11.2. The third-order valence-corrected chi connectivity index (χ3v) is 4.86. The molecule has 2 rings (SSSR count). The SMILES string of the molecule is CCCCCOCC(O)C[NH+]1CC[NH+](c2ccccc2OCC)CC1.[Cl-].[Cl-]. The van der Waals surface area contributed by atoms with E-state index in [1.165, 1.54) is 28.3 Å². The molecule has 1 fully saturated rings. The van der Waals surface area contributed by atoms with E-state index in [2.05, 4.69) is 25.1 Å². The van der Waals surface area contributed by atoms with Crippen LogP contribution in [-0.2, 0) is 4.74 Å². The molecule has 1 saturated heterocycles. The third kappa shape index (κ3) is 9.46. The fourth-order valence-electron chi connectivity index (χ4n) is 3.48. The molecule has 0 amide bonds. The van der Waals surface area contributed by atoms with Crippen molar-refractivity contribution in [2.75, 3.05) is 52.5 Å². The molecule has 1 heterocycles. The highest BCUT2D eigenvalue weighted by Gasteiger charge is 2.28. The third-order valence-electron chi connectivity index (χ3n) is 4.86. The van der Waals surface area contributed by atoms with Gasteiger partial charge in [-0.25, -0.2) is 0 Å². The summed E-state index contributed by atoms with van der Waals surface area (Å²) in [5.41, 5.74) is 1.27. The van der Waals surface area contributed by atoms with Gasteiger partial charge in [-0.3, -0.25) is 4.90 Å². The number of rotatable bonds is 11. The number of aliphatic hydroxyl groups is 1. The van der Waals surface area contributed by atoms with Crippen molar-refractivity contribution in [3.63, 3.8) is 0 Å². The van der Waals surface area contributed by atoms with Gasteiger partial charge in [0.05, 0.1) is 13.2 Å². The van der Waals surface area contributed by atoms with Crippen molar-refractivity contribution in [2.24, 2.45) is 0 Å². The molecule has 0 aromatic heterocycles. The number of unbranched alkanes of at least 4 members (excludes halogenated alkanes) is 2. The number of piperazine rings is 1. The fraction of sp³-hybridized carbons (Fsp3) is 0.700. The number of nitrogens with one attached hydrogen (secondary N) is 2. The van der Waals surface area contributed by atoms with E-state index in [4.69, 9.17) is 9.47 Å². The number of halogens is 2. The quantitative estimate of drug-likeness (QED) is 0.311. The average molecular weight is 423 g/mol. The van der Waals surface area contributed by atoms with Crippen LogP contribution in [0.2, 0.25) is 0 Å². The molecule has 0 radical (unpaired) electrons. The van der Waals surface area contributed by atoms with Gasteiger partial charge < -0.3 is 44.3 Å². The van der Waals surface area contributed by atoms with Crippen LogP contribution in [0.3, 0.4) is 0 Å². The van der Waals surface area contributed by atoms with Crippen LogP contribution in [-0.4, -0.2) is 63.8 Å². The predicted molar refractivity (Wildman–Crippen MR) is 99.9 cm³/mol. The fourth-order valence-corrected chi connectivity index (χ4v) is 3.48. The molecule has 1 aliphatic heterocycles.